The van der Waals surface area contributed by atoms with Crippen molar-refractivity contribution in [1.29, 1.82) is 0 Å². The molecule has 0 saturated carbocycles. The SMILES string of the molecule is O=C(/C=C/c1ccc(Oc2nc(Oc3ccc(/C=C/C(=O)c4cccc([N+](=O)[O-])c4)cc3)nc(Oc3ccc(/C=C/C(=O)c4cccc([N+](=O)[O-])c4)cc3)n2)cc1)c1cccc([N+](=O)[O-])c1. The number of hydrogen-bond acceptors (Lipinski definition) is 15. The molecule has 0 bridgehead atoms. The number of carbonyl (C=O) groups excluding carboxylic acids is 3. The Morgan fingerprint density at radius 2 is 0.652 bits per heavy atom. The van der Waals surface area contributed by atoms with E-state index >= 15 is 0 Å². The molecule has 0 radical (unpaired) electrons. The lowest BCUT2D eigenvalue weighted by atomic mass is 10.1. The van der Waals surface area contributed by atoms with Crippen LogP contribution < -0.4 is 14.2 Å². The highest BCUT2D eigenvalue weighted by atomic mass is 16.6. The summed E-state index contributed by atoms with van der Waals surface area (Å²) in [5, 5.41) is 33.4. The Bertz CT molecular complexity index is 2750. The fraction of sp³-hybridized carbons (Fsp3) is 0. The van der Waals surface area contributed by atoms with Gasteiger partial charge < -0.3 is 14.2 Å². The predicted octanol–water partition coefficient (Wildman–Crippen LogP) is 10.7. The van der Waals surface area contributed by atoms with E-state index in [0.29, 0.717) is 16.7 Å². The minimum absolute atomic E-state index is 0.158. The summed E-state index contributed by atoms with van der Waals surface area (Å²) >= 11 is 0. The molecule has 7 aromatic rings. The number of non-ortho nitro benzene ring substituents is 3. The minimum atomic E-state index is -0.580. The number of allylic oxidation sites excluding steroid dienone is 3. The van der Waals surface area contributed by atoms with Crippen LogP contribution in [0.4, 0.5) is 17.1 Å². The number of hydrogen-bond donors (Lipinski definition) is 0. The molecule has 0 aliphatic carbocycles. The highest BCUT2D eigenvalue weighted by Gasteiger charge is 2.15. The number of nitro groups is 3. The van der Waals surface area contributed by atoms with Crippen molar-refractivity contribution in [3.63, 3.8) is 0 Å². The first-order valence-electron chi connectivity index (χ1n) is 19.4. The smallest absolute Gasteiger partial charge is 0.331 e. The molecular formula is C48H30N6O12. The van der Waals surface area contributed by atoms with Gasteiger partial charge in [0.1, 0.15) is 17.2 Å². The maximum Gasteiger partial charge on any atom is 0.331 e. The molecule has 18 nitrogen and oxygen atoms in total. The Morgan fingerprint density at radius 3 is 0.894 bits per heavy atom. The molecular weight excluding hydrogens is 853 g/mol. The van der Waals surface area contributed by atoms with Crippen molar-refractivity contribution in [2.45, 2.75) is 0 Å². The highest BCUT2D eigenvalue weighted by molar-refractivity contribution is 6.08. The van der Waals surface area contributed by atoms with Crippen LogP contribution in [-0.2, 0) is 0 Å². The van der Waals surface area contributed by atoms with Gasteiger partial charge in [-0.25, -0.2) is 0 Å². The van der Waals surface area contributed by atoms with E-state index in [0.717, 1.165) is 0 Å². The molecule has 0 N–H and O–H groups in total. The van der Waals surface area contributed by atoms with Crippen LogP contribution in [0, 0.1) is 30.3 Å². The number of ether oxygens (including phenoxy) is 3. The van der Waals surface area contributed by atoms with Crippen molar-refractivity contribution in [3.05, 3.63) is 228 Å². The van der Waals surface area contributed by atoms with Gasteiger partial charge in [-0.15, -0.1) is 15.0 Å². The van der Waals surface area contributed by atoms with Gasteiger partial charge in [0.15, 0.2) is 17.3 Å². The summed E-state index contributed by atoms with van der Waals surface area (Å²) in [6.07, 6.45) is 8.49. The fourth-order valence-electron chi connectivity index (χ4n) is 5.84. The molecule has 0 fully saturated rings. The number of carbonyl (C=O) groups is 3. The third kappa shape index (κ3) is 12.0. The summed E-state index contributed by atoms with van der Waals surface area (Å²) in [4.78, 5) is 82.5. The lowest BCUT2D eigenvalue weighted by Crippen LogP contribution is -2.01. The van der Waals surface area contributed by atoms with E-state index in [1.165, 1.54) is 109 Å². The zero-order valence-corrected chi connectivity index (χ0v) is 33.9. The summed E-state index contributed by atoms with van der Waals surface area (Å²) < 4.78 is 17.8. The Hall–Kier alpha value is -9.84. The first kappa shape index (κ1) is 44.2. The van der Waals surface area contributed by atoms with Crippen molar-refractivity contribution in [2.24, 2.45) is 0 Å². The van der Waals surface area contributed by atoms with Gasteiger partial charge >= 0.3 is 18.0 Å². The molecule has 1 aromatic heterocycles. The van der Waals surface area contributed by atoms with Crippen molar-refractivity contribution < 1.29 is 43.4 Å². The summed E-state index contributed by atoms with van der Waals surface area (Å²) in [7, 11) is 0. The quantitative estimate of drug-likeness (QED) is 0.0336. The summed E-state index contributed by atoms with van der Waals surface area (Å²) in [6, 6.07) is 35.0. The Morgan fingerprint density at radius 1 is 0.394 bits per heavy atom. The monoisotopic (exact) mass is 882 g/mol. The molecule has 0 spiro atoms. The summed E-state index contributed by atoms with van der Waals surface area (Å²) in [6.45, 7) is 0. The van der Waals surface area contributed by atoms with Gasteiger partial charge in [-0.3, -0.25) is 44.7 Å². The molecule has 0 atom stereocenters. The van der Waals surface area contributed by atoms with E-state index in [4.69, 9.17) is 14.2 Å². The van der Waals surface area contributed by atoms with Gasteiger partial charge in [-0.2, -0.15) is 0 Å². The van der Waals surface area contributed by atoms with Gasteiger partial charge in [0.05, 0.1) is 14.8 Å². The molecule has 0 unspecified atom stereocenters. The molecule has 1 heterocycles. The van der Waals surface area contributed by atoms with Gasteiger partial charge in [-0.05, 0) is 71.3 Å². The van der Waals surface area contributed by atoms with Crippen molar-refractivity contribution in [3.8, 4) is 35.3 Å². The van der Waals surface area contributed by atoms with Crippen LogP contribution in [0.3, 0.4) is 0 Å². The van der Waals surface area contributed by atoms with E-state index in [-0.39, 0.29) is 69.0 Å². The molecule has 0 amide bonds. The standard InChI is InChI=1S/C48H30N6O12/c55-43(34-4-1-7-37(28-34)52(58)59)25-16-31-10-19-40(20-11-31)64-46-49-47(65-41-21-12-32(13-22-41)17-26-44(56)35-5-2-8-38(29-35)53(60)61)51-48(50-46)66-42-23-14-33(15-24-42)18-27-45(57)36-6-3-9-39(30-36)54(62)63/h1-30H/b25-16+,26-17+,27-18+. The summed E-state index contributed by atoms with van der Waals surface area (Å²) in [5.41, 5.74) is 1.71. The van der Waals surface area contributed by atoms with Crippen LogP contribution in [0.5, 0.6) is 35.3 Å². The second-order valence-electron chi connectivity index (χ2n) is 13.7. The molecule has 0 saturated heterocycles. The lowest BCUT2D eigenvalue weighted by Gasteiger charge is -2.10. The van der Waals surface area contributed by atoms with E-state index in [2.05, 4.69) is 15.0 Å². The van der Waals surface area contributed by atoms with Gasteiger partial charge in [-0.1, -0.05) is 91.0 Å². The molecule has 0 aliphatic rings. The highest BCUT2D eigenvalue weighted by Crippen LogP contribution is 2.28. The molecule has 18 heteroatoms. The van der Waals surface area contributed by atoms with Crippen molar-refractivity contribution in [2.75, 3.05) is 0 Å². The second-order valence-corrected chi connectivity index (χ2v) is 13.7. The topological polar surface area (TPSA) is 247 Å². The average Bonchev–Trinajstić information content (AvgIpc) is 3.33. The van der Waals surface area contributed by atoms with Crippen LogP contribution in [0.15, 0.2) is 164 Å². The zero-order chi connectivity index (χ0) is 46.6. The fourth-order valence-corrected chi connectivity index (χ4v) is 5.84. The molecule has 0 aliphatic heterocycles. The van der Waals surface area contributed by atoms with E-state index in [1.807, 2.05) is 0 Å². The number of nitro benzene ring substituents is 3. The van der Waals surface area contributed by atoms with Crippen LogP contribution >= 0.6 is 0 Å². The second kappa shape index (κ2) is 20.4. The number of nitrogens with zero attached hydrogens (tertiary/aromatic N) is 6. The van der Waals surface area contributed by atoms with Gasteiger partial charge in [0, 0.05) is 53.1 Å². The molecule has 7 rings (SSSR count). The summed E-state index contributed by atoms with van der Waals surface area (Å²) in [5.74, 6) is -0.431. The van der Waals surface area contributed by atoms with E-state index < -0.39 is 32.1 Å². The van der Waals surface area contributed by atoms with Crippen LogP contribution in [0.25, 0.3) is 18.2 Å². The molecule has 6 aromatic carbocycles. The largest absolute Gasteiger partial charge is 0.424 e. The van der Waals surface area contributed by atoms with Gasteiger partial charge in [0.25, 0.3) is 17.1 Å². The number of ketones is 3. The van der Waals surface area contributed by atoms with Crippen LogP contribution in [0.2, 0.25) is 0 Å². The number of rotatable bonds is 18. The van der Waals surface area contributed by atoms with Crippen LogP contribution in [0.1, 0.15) is 47.8 Å². The van der Waals surface area contributed by atoms with Crippen molar-refractivity contribution in [1.82, 2.24) is 15.0 Å². The predicted molar refractivity (Wildman–Crippen MR) is 239 cm³/mol. The Kier molecular flexibility index (Phi) is 13.6. The average molecular weight is 883 g/mol. The zero-order valence-electron chi connectivity index (χ0n) is 33.9. The minimum Gasteiger partial charge on any atom is -0.424 e. The molecule has 66 heavy (non-hydrogen) atoms. The van der Waals surface area contributed by atoms with Gasteiger partial charge in [0.2, 0.25) is 0 Å². The number of benzene rings is 6. The lowest BCUT2D eigenvalue weighted by molar-refractivity contribution is -0.385. The van der Waals surface area contributed by atoms with Crippen molar-refractivity contribution >= 4 is 52.6 Å². The maximum atomic E-state index is 12.7. The first-order chi connectivity index (χ1) is 31.8. The molecule has 324 valence electrons. The maximum absolute atomic E-state index is 12.7. The van der Waals surface area contributed by atoms with E-state index in [9.17, 15) is 44.7 Å². The Labute approximate surface area is 372 Å². The number of aromatic nitrogens is 3. The normalized spacial score (nSPS) is 11.1. The van der Waals surface area contributed by atoms with E-state index in [1.54, 1.807) is 72.8 Å². The first-order valence-corrected chi connectivity index (χ1v) is 19.4. The Balaban J connectivity index is 1.07. The third-order valence-corrected chi connectivity index (χ3v) is 9.15. The third-order valence-electron chi connectivity index (χ3n) is 9.15. The van der Waals surface area contributed by atoms with Crippen LogP contribution in [-0.4, -0.2) is 47.1 Å².